The van der Waals surface area contributed by atoms with Crippen molar-refractivity contribution in [2.45, 2.75) is 6.42 Å². The van der Waals surface area contributed by atoms with Crippen LogP contribution in [0.5, 0.6) is 0 Å². The second kappa shape index (κ2) is 4.82. The maximum absolute atomic E-state index is 4.71. The van der Waals surface area contributed by atoms with Gasteiger partial charge in [0, 0.05) is 24.0 Å². The van der Waals surface area contributed by atoms with Crippen LogP contribution in [-0.4, -0.2) is 18.1 Å². The summed E-state index contributed by atoms with van der Waals surface area (Å²) in [6.07, 6.45) is 3.22. The molecule has 0 N–H and O–H groups in total. The molecule has 2 aromatic rings. The van der Waals surface area contributed by atoms with Crippen LogP contribution in [0, 0.1) is 0 Å². The molecule has 0 spiro atoms. The van der Waals surface area contributed by atoms with Crippen molar-refractivity contribution in [3.05, 3.63) is 46.8 Å². The molecular formula is C14H13N2S. The Morgan fingerprint density at radius 2 is 2.00 bits per heavy atom. The molecule has 85 valence electrons. The van der Waals surface area contributed by atoms with E-state index in [9.17, 15) is 0 Å². The van der Waals surface area contributed by atoms with Crippen LogP contribution < -0.4 is 5.32 Å². The van der Waals surface area contributed by atoms with Crippen LogP contribution in [0.25, 0.3) is 16.8 Å². The average Bonchev–Trinajstić information content (AvgIpc) is 2.90. The lowest BCUT2D eigenvalue weighted by molar-refractivity contribution is 0.723. The molecule has 0 unspecified atom stereocenters. The lowest BCUT2D eigenvalue weighted by atomic mass is 10.1. The van der Waals surface area contributed by atoms with Gasteiger partial charge in [0.15, 0.2) is 0 Å². The Morgan fingerprint density at radius 1 is 1.12 bits per heavy atom. The molecular weight excluding hydrogens is 228 g/mol. The van der Waals surface area contributed by atoms with Crippen molar-refractivity contribution in [2.24, 2.45) is 0 Å². The van der Waals surface area contributed by atoms with E-state index in [2.05, 4.69) is 28.9 Å². The summed E-state index contributed by atoms with van der Waals surface area (Å²) in [6.45, 7) is 1.78. The lowest BCUT2D eigenvalue weighted by Gasteiger charge is -2.09. The smallest absolute Gasteiger partial charge is 0.119 e. The molecule has 3 heteroatoms. The molecule has 0 saturated carbocycles. The van der Waals surface area contributed by atoms with E-state index in [1.54, 1.807) is 11.3 Å². The van der Waals surface area contributed by atoms with Gasteiger partial charge in [0.2, 0.25) is 0 Å². The average molecular weight is 241 g/mol. The Balaban J connectivity index is 1.90. The Morgan fingerprint density at radius 3 is 2.76 bits per heavy atom. The van der Waals surface area contributed by atoms with Crippen molar-refractivity contribution in [2.75, 3.05) is 13.1 Å². The summed E-state index contributed by atoms with van der Waals surface area (Å²) in [5.41, 5.74) is 3.62. The molecule has 1 aliphatic rings. The van der Waals surface area contributed by atoms with E-state index in [1.807, 2.05) is 18.2 Å². The fourth-order valence-corrected chi connectivity index (χ4v) is 2.82. The first-order valence-electron chi connectivity index (χ1n) is 5.77. The summed E-state index contributed by atoms with van der Waals surface area (Å²) in [5, 5.41) is 7.61. The highest BCUT2D eigenvalue weighted by Gasteiger charge is 2.11. The molecule has 2 nitrogen and oxygen atoms in total. The van der Waals surface area contributed by atoms with Crippen molar-refractivity contribution < 1.29 is 0 Å². The zero-order chi connectivity index (χ0) is 11.5. The van der Waals surface area contributed by atoms with E-state index in [-0.39, 0.29) is 0 Å². The van der Waals surface area contributed by atoms with E-state index in [1.165, 1.54) is 11.1 Å². The van der Waals surface area contributed by atoms with Gasteiger partial charge < -0.3 is 0 Å². The topological polar surface area (TPSA) is 27.0 Å². The largest absolute Gasteiger partial charge is 0.237 e. The SMILES string of the molecule is C1=C(c2nc(-c3ccccc3)cs2)CC[N]C1. The van der Waals surface area contributed by atoms with E-state index in [0.717, 1.165) is 30.2 Å². The molecule has 2 heterocycles. The van der Waals surface area contributed by atoms with E-state index in [4.69, 9.17) is 4.98 Å². The van der Waals surface area contributed by atoms with Gasteiger partial charge >= 0.3 is 0 Å². The molecule has 1 aliphatic heterocycles. The van der Waals surface area contributed by atoms with Crippen molar-refractivity contribution in [1.29, 1.82) is 0 Å². The molecule has 1 aromatic carbocycles. The summed E-state index contributed by atoms with van der Waals surface area (Å²) in [7, 11) is 0. The van der Waals surface area contributed by atoms with Crippen LogP contribution in [0.3, 0.4) is 0 Å². The first-order valence-corrected chi connectivity index (χ1v) is 6.65. The van der Waals surface area contributed by atoms with E-state index < -0.39 is 0 Å². The van der Waals surface area contributed by atoms with Gasteiger partial charge in [-0.3, -0.25) is 0 Å². The normalized spacial score (nSPS) is 15.6. The first-order chi connectivity index (χ1) is 8.43. The number of aromatic nitrogens is 1. The van der Waals surface area contributed by atoms with Gasteiger partial charge in [-0.2, -0.15) is 0 Å². The quantitative estimate of drug-likeness (QED) is 0.793. The van der Waals surface area contributed by atoms with Gasteiger partial charge in [-0.05, 0) is 12.0 Å². The van der Waals surface area contributed by atoms with Crippen LogP contribution in [0.4, 0.5) is 0 Å². The molecule has 0 fully saturated rings. The van der Waals surface area contributed by atoms with Crippen molar-refractivity contribution in [3.63, 3.8) is 0 Å². The Bertz CT molecular complexity index is 528. The summed E-state index contributed by atoms with van der Waals surface area (Å²) in [4.78, 5) is 4.71. The maximum Gasteiger partial charge on any atom is 0.119 e. The second-order valence-corrected chi connectivity index (χ2v) is 4.87. The minimum atomic E-state index is 0.843. The van der Waals surface area contributed by atoms with Gasteiger partial charge in [0.25, 0.3) is 0 Å². The van der Waals surface area contributed by atoms with Gasteiger partial charge in [0.1, 0.15) is 5.01 Å². The number of thiazole rings is 1. The van der Waals surface area contributed by atoms with Crippen LogP contribution >= 0.6 is 11.3 Å². The predicted molar refractivity (Wildman–Crippen MR) is 72.0 cm³/mol. The lowest BCUT2D eigenvalue weighted by Crippen LogP contribution is -2.12. The van der Waals surface area contributed by atoms with Crippen LogP contribution in [0.1, 0.15) is 11.4 Å². The van der Waals surface area contributed by atoms with Gasteiger partial charge in [0.05, 0.1) is 5.69 Å². The third-order valence-corrected chi connectivity index (χ3v) is 3.77. The summed E-state index contributed by atoms with van der Waals surface area (Å²) in [6, 6.07) is 10.3. The minimum absolute atomic E-state index is 0.843. The molecule has 0 atom stereocenters. The van der Waals surface area contributed by atoms with Crippen LogP contribution in [0.2, 0.25) is 0 Å². The van der Waals surface area contributed by atoms with Crippen LogP contribution in [0.15, 0.2) is 41.8 Å². The number of rotatable bonds is 2. The number of benzene rings is 1. The summed E-state index contributed by atoms with van der Waals surface area (Å²) >= 11 is 1.73. The zero-order valence-corrected chi connectivity index (χ0v) is 10.3. The highest BCUT2D eigenvalue weighted by Crippen LogP contribution is 2.28. The molecule has 0 bridgehead atoms. The number of nitrogens with zero attached hydrogens (tertiary/aromatic N) is 2. The molecule has 0 saturated heterocycles. The van der Waals surface area contributed by atoms with Crippen LogP contribution in [-0.2, 0) is 0 Å². The maximum atomic E-state index is 4.71. The molecule has 1 radical (unpaired) electrons. The first kappa shape index (κ1) is 10.7. The summed E-state index contributed by atoms with van der Waals surface area (Å²) in [5.74, 6) is 0. The fourth-order valence-electron chi connectivity index (χ4n) is 1.92. The Kier molecular flexibility index (Phi) is 3.03. The molecule has 0 amide bonds. The van der Waals surface area contributed by atoms with Gasteiger partial charge in [-0.15, -0.1) is 11.3 Å². The number of hydrogen-bond acceptors (Lipinski definition) is 2. The van der Waals surface area contributed by atoms with Gasteiger partial charge in [-0.25, -0.2) is 10.3 Å². The van der Waals surface area contributed by atoms with Crippen molar-refractivity contribution in [1.82, 2.24) is 10.3 Å². The van der Waals surface area contributed by atoms with Crippen molar-refractivity contribution in [3.8, 4) is 11.3 Å². The molecule has 1 aromatic heterocycles. The standard InChI is InChI=1S/C14H13N2S/c1-2-4-11(5-3-1)13-10-17-14(16-13)12-6-8-15-9-7-12/h1-6,10H,7-9H2. The number of hydrogen-bond donors (Lipinski definition) is 0. The molecule has 3 rings (SSSR count). The predicted octanol–water partition coefficient (Wildman–Crippen LogP) is 3.20. The van der Waals surface area contributed by atoms with Gasteiger partial charge in [-0.1, -0.05) is 36.4 Å². The highest BCUT2D eigenvalue weighted by molar-refractivity contribution is 7.11. The summed E-state index contributed by atoms with van der Waals surface area (Å²) < 4.78 is 0. The third kappa shape index (κ3) is 2.30. The highest BCUT2D eigenvalue weighted by atomic mass is 32.1. The Hall–Kier alpha value is -1.45. The second-order valence-electron chi connectivity index (χ2n) is 4.01. The fraction of sp³-hybridized carbons (Fsp3) is 0.214. The van der Waals surface area contributed by atoms with E-state index in [0.29, 0.717) is 0 Å². The van der Waals surface area contributed by atoms with Crippen molar-refractivity contribution >= 4 is 16.9 Å². The zero-order valence-electron chi connectivity index (χ0n) is 9.47. The molecule has 17 heavy (non-hydrogen) atoms. The minimum Gasteiger partial charge on any atom is -0.237 e. The third-order valence-electron chi connectivity index (χ3n) is 2.85. The Labute approximate surface area is 105 Å². The monoisotopic (exact) mass is 241 g/mol. The molecule has 0 aliphatic carbocycles. The van der Waals surface area contributed by atoms with E-state index >= 15 is 0 Å².